The number of sulfone groups is 1. The van der Waals surface area contributed by atoms with Gasteiger partial charge in [0.2, 0.25) is 0 Å². The molecule has 3 nitrogen and oxygen atoms in total. The van der Waals surface area contributed by atoms with Crippen molar-refractivity contribution in [3.8, 4) is 0 Å². The van der Waals surface area contributed by atoms with Gasteiger partial charge >= 0.3 is 0 Å². The molecule has 0 bridgehead atoms. The number of nitrogens with one attached hydrogen (secondary N) is 1. The second kappa shape index (κ2) is 8.01. The lowest BCUT2D eigenvalue weighted by molar-refractivity contribution is 0.497. The number of rotatable bonds is 8. The van der Waals surface area contributed by atoms with Crippen LogP contribution in [-0.4, -0.2) is 26.3 Å². The van der Waals surface area contributed by atoms with Crippen molar-refractivity contribution in [1.29, 1.82) is 0 Å². The molecule has 2 unspecified atom stereocenters. The molecule has 0 aromatic heterocycles. The van der Waals surface area contributed by atoms with Gasteiger partial charge < -0.3 is 5.32 Å². The van der Waals surface area contributed by atoms with Crippen molar-refractivity contribution in [3.63, 3.8) is 0 Å². The lowest BCUT2D eigenvalue weighted by Gasteiger charge is -2.19. The molecule has 114 valence electrons. The van der Waals surface area contributed by atoms with Crippen LogP contribution in [0.25, 0.3) is 0 Å². The summed E-state index contributed by atoms with van der Waals surface area (Å²) < 4.78 is 24.7. The first-order valence-corrected chi connectivity index (χ1v) is 9.14. The zero-order chi connectivity index (χ0) is 15.2. The van der Waals surface area contributed by atoms with Gasteiger partial charge in [0.15, 0.2) is 9.84 Å². The predicted octanol–water partition coefficient (Wildman–Crippen LogP) is 3.42. The van der Waals surface area contributed by atoms with E-state index < -0.39 is 9.84 Å². The van der Waals surface area contributed by atoms with Crippen molar-refractivity contribution in [2.24, 2.45) is 0 Å². The molecule has 0 saturated heterocycles. The minimum Gasteiger partial charge on any atom is -0.314 e. The van der Waals surface area contributed by atoms with Gasteiger partial charge in [0.1, 0.15) is 0 Å². The standard InChI is InChI=1S/C15H24ClNO2S/c1-4-9-17-12(2)10-13(3)20(18,19)11-14-5-7-15(16)8-6-14/h5-8,12-13,17H,4,9-11H2,1-3H3. The summed E-state index contributed by atoms with van der Waals surface area (Å²) in [5, 5.41) is 3.60. The molecule has 1 aromatic rings. The summed E-state index contributed by atoms with van der Waals surface area (Å²) in [6.07, 6.45) is 1.69. The molecule has 1 N–H and O–H groups in total. The van der Waals surface area contributed by atoms with E-state index in [0.717, 1.165) is 18.5 Å². The van der Waals surface area contributed by atoms with Crippen molar-refractivity contribution in [2.75, 3.05) is 6.54 Å². The molecule has 20 heavy (non-hydrogen) atoms. The fourth-order valence-electron chi connectivity index (χ4n) is 2.07. The Kier molecular flexibility index (Phi) is 7.00. The average molecular weight is 318 g/mol. The fourth-order valence-corrected chi connectivity index (χ4v) is 3.72. The zero-order valence-corrected chi connectivity index (χ0v) is 14.0. The minimum atomic E-state index is -3.13. The van der Waals surface area contributed by atoms with Gasteiger partial charge in [-0.25, -0.2) is 8.42 Å². The predicted molar refractivity (Wildman–Crippen MR) is 85.9 cm³/mol. The van der Waals surface area contributed by atoms with Crippen molar-refractivity contribution in [3.05, 3.63) is 34.9 Å². The van der Waals surface area contributed by atoms with E-state index in [-0.39, 0.29) is 17.0 Å². The van der Waals surface area contributed by atoms with Crippen molar-refractivity contribution < 1.29 is 8.42 Å². The lowest BCUT2D eigenvalue weighted by atomic mass is 10.2. The largest absolute Gasteiger partial charge is 0.314 e. The Morgan fingerprint density at radius 3 is 2.35 bits per heavy atom. The van der Waals surface area contributed by atoms with Gasteiger partial charge in [-0.3, -0.25) is 0 Å². The Bertz CT molecular complexity index is 499. The maximum Gasteiger partial charge on any atom is 0.157 e. The molecule has 0 heterocycles. The van der Waals surface area contributed by atoms with Crippen molar-refractivity contribution in [2.45, 2.75) is 50.7 Å². The molecule has 5 heteroatoms. The first-order chi connectivity index (χ1) is 9.35. The average Bonchev–Trinajstić information content (AvgIpc) is 2.38. The van der Waals surface area contributed by atoms with Crippen LogP contribution in [0.3, 0.4) is 0 Å². The van der Waals surface area contributed by atoms with Crippen LogP contribution < -0.4 is 5.32 Å². The molecule has 0 radical (unpaired) electrons. The van der Waals surface area contributed by atoms with Gasteiger partial charge in [-0.15, -0.1) is 0 Å². The van der Waals surface area contributed by atoms with Crippen LogP contribution >= 0.6 is 11.6 Å². The quantitative estimate of drug-likeness (QED) is 0.799. The van der Waals surface area contributed by atoms with Gasteiger partial charge in [-0.05, 0) is 50.9 Å². The van der Waals surface area contributed by atoms with Crippen LogP contribution in [0.4, 0.5) is 0 Å². The first-order valence-electron chi connectivity index (χ1n) is 7.04. The van der Waals surface area contributed by atoms with Crippen LogP contribution in [0.1, 0.15) is 39.2 Å². The van der Waals surface area contributed by atoms with Gasteiger partial charge in [0, 0.05) is 11.1 Å². The Morgan fingerprint density at radius 2 is 1.80 bits per heavy atom. The van der Waals surface area contributed by atoms with Gasteiger partial charge in [0.25, 0.3) is 0 Å². The molecular formula is C15H24ClNO2S. The summed E-state index contributed by atoms with van der Waals surface area (Å²) in [6, 6.07) is 7.20. The molecular weight excluding hydrogens is 294 g/mol. The van der Waals surface area contributed by atoms with Gasteiger partial charge in [0.05, 0.1) is 11.0 Å². The van der Waals surface area contributed by atoms with E-state index in [4.69, 9.17) is 11.6 Å². The maximum absolute atomic E-state index is 12.3. The van der Waals surface area contributed by atoms with Crippen molar-refractivity contribution in [1.82, 2.24) is 5.32 Å². The topological polar surface area (TPSA) is 46.2 Å². The summed E-state index contributed by atoms with van der Waals surface area (Å²) in [6.45, 7) is 6.84. The lowest BCUT2D eigenvalue weighted by Crippen LogP contribution is -2.33. The summed E-state index contributed by atoms with van der Waals surface area (Å²) in [7, 11) is -3.13. The molecule has 0 spiro atoms. The Labute approximate surface area is 127 Å². The SMILES string of the molecule is CCCNC(C)CC(C)S(=O)(=O)Cc1ccc(Cl)cc1. The van der Waals surface area contributed by atoms with Crippen LogP contribution in [0.5, 0.6) is 0 Å². The third kappa shape index (κ3) is 5.81. The first kappa shape index (κ1) is 17.5. The fraction of sp³-hybridized carbons (Fsp3) is 0.600. The van der Waals surface area contributed by atoms with E-state index in [1.54, 1.807) is 31.2 Å². The van der Waals surface area contributed by atoms with E-state index in [1.807, 2.05) is 6.92 Å². The Hall–Kier alpha value is -0.580. The van der Waals surface area contributed by atoms with E-state index >= 15 is 0 Å². The van der Waals surface area contributed by atoms with Crippen molar-refractivity contribution >= 4 is 21.4 Å². The second-order valence-electron chi connectivity index (χ2n) is 5.34. The van der Waals surface area contributed by atoms with Gasteiger partial charge in [-0.1, -0.05) is 30.7 Å². The highest BCUT2D eigenvalue weighted by atomic mass is 35.5. The van der Waals surface area contributed by atoms with E-state index in [2.05, 4.69) is 12.2 Å². The summed E-state index contributed by atoms with van der Waals surface area (Å²) in [5.41, 5.74) is 0.787. The normalized spacial score (nSPS) is 15.0. The molecule has 2 atom stereocenters. The molecule has 0 aliphatic carbocycles. The molecule has 0 aliphatic heterocycles. The molecule has 1 rings (SSSR count). The third-order valence-electron chi connectivity index (χ3n) is 3.32. The zero-order valence-electron chi connectivity index (χ0n) is 12.4. The maximum atomic E-state index is 12.3. The van der Waals surface area contributed by atoms with E-state index in [1.165, 1.54) is 0 Å². The van der Waals surface area contributed by atoms with Gasteiger partial charge in [-0.2, -0.15) is 0 Å². The number of hydrogen-bond acceptors (Lipinski definition) is 3. The highest BCUT2D eigenvalue weighted by Crippen LogP contribution is 2.17. The second-order valence-corrected chi connectivity index (χ2v) is 8.19. The van der Waals surface area contributed by atoms with Crippen LogP contribution in [-0.2, 0) is 15.6 Å². The number of halogens is 1. The van der Waals surface area contributed by atoms with E-state index in [9.17, 15) is 8.42 Å². The van der Waals surface area contributed by atoms with Crippen LogP contribution in [0.15, 0.2) is 24.3 Å². The molecule has 0 fully saturated rings. The highest BCUT2D eigenvalue weighted by molar-refractivity contribution is 7.91. The van der Waals surface area contributed by atoms with E-state index in [0.29, 0.717) is 11.4 Å². The monoisotopic (exact) mass is 317 g/mol. The molecule has 0 amide bonds. The summed E-state index contributed by atoms with van der Waals surface area (Å²) >= 11 is 5.81. The Balaban J connectivity index is 2.61. The molecule has 0 saturated carbocycles. The Morgan fingerprint density at radius 1 is 1.20 bits per heavy atom. The minimum absolute atomic E-state index is 0.0752. The smallest absolute Gasteiger partial charge is 0.157 e. The number of benzene rings is 1. The van der Waals surface area contributed by atoms with Crippen LogP contribution in [0.2, 0.25) is 5.02 Å². The summed E-state index contributed by atoms with van der Waals surface area (Å²) in [5.74, 6) is 0.0752. The number of hydrogen-bond donors (Lipinski definition) is 1. The highest BCUT2D eigenvalue weighted by Gasteiger charge is 2.23. The molecule has 0 aliphatic rings. The van der Waals surface area contributed by atoms with Crippen LogP contribution in [0, 0.1) is 0 Å². The third-order valence-corrected chi connectivity index (χ3v) is 5.73. The molecule has 1 aromatic carbocycles. The summed E-state index contributed by atoms with van der Waals surface area (Å²) in [4.78, 5) is 0.